The molecular formula is C22H20F2N4O2S. The van der Waals surface area contributed by atoms with Crippen molar-refractivity contribution in [1.29, 1.82) is 0 Å². The normalized spacial score (nSPS) is 14.9. The lowest BCUT2D eigenvalue weighted by molar-refractivity contribution is -0.123. The van der Waals surface area contributed by atoms with E-state index in [1.807, 2.05) is 0 Å². The Bertz CT molecular complexity index is 1070. The smallest absolute Gasteiger partial charge is 0.280 e. The number of hydrogen-bond donors (Lipinski definition) is 1. The van der Waals surface area contributed by atoms with Gasteiger partial charge in [0.25, 0.3) is 5.91 Å². The van der Waals surface area contributed by atoms with Crippen molar-refractivity contribution < 1.29 is 18.4 Å². The molecule has 0 saturated heterocycles. The average Bonchev–Trinajstić information content (AvgIpc) is 3.46. The van der Waals surface area contributed by atoms with E-state index in [1.165, 1.54) is 41.8 Å². The summed E-state index contributed by atoms with van der Waals surface area (Å²) in [6, 6.07) is 9.66. The fraction of sp³-hybridized carbons (Fsp3) is 0.273. The summed E-state index contributed by atoms with van der Waals surface area (Å²) < 4.78 is 32.6. The van der Waals surface area contributed by atoms with Gasteiger partial charge in [0.2, 0.25) is 5.91 Å². The Balaban J connectivity index is 1.83. The van der Waals surface area contributed by atoms with Crippen LogP contribution in [0.3, 0.4) is 0 Å². The highest BCUT2D eigenvalue weighted by Gasteiger charge is 2.37. The number of rotatable bonds is 6. The standard InChI is InChI=1S/C22H20F2N4O2S/c23-14-6-5-9-16(12-14)28(22(30)19-13-31-27-26-19)20(17-10-3-4-11-18(17)24)21(29)25-15-7-1-2-8-15/h3-6,9-13,15,20H,1-2,7-8H2,(H,25,29)/t20-/m0/s1. The molecule has 0 radical (unpaired) electrons. The van der Waals surface area contributed by atoms with E-state index >= 15 is 0 Å². The van der Waals surface area contributed by atoms with Gasteiger partial charge in [0.05, 0.1) is 0 Å². The van der Waals surface area contributed by atoms with Gasteiger partial charge in [-0.15, -0.1) is 5.10 Å². The van der Waals surface area contributed by atoms with Crippen molar-refractivity contribution in [1.82, 2.24) is 14.9 Å². The molecule has 1 heterocycles. The first kappa shape index (κ1) is 21.0. The predicted octanol–water partition coefficient (Wildman–Crippen LogP) is 4.26. The van der Waals surface area contributed by atoms with Gasteiger partial charge in [0.15, 0.2) is 5.69 Å². The summed E-state index contributed by atoms with van der Waals surface area (Å²) in [4.78, 5) is 27.9. The van der Waals surface area contributed by atoms with Crippen LogP contribution in [0.15, 0.2) is 53.9 Å². The average molecular weight is 442 g/mol. The molecule has 1 aromatic heterocycles. The maximum absolute atomic E-state index is 14.9. The Morgan fingerprint density at radius 3 is 2.55 bits per heavy atom. The maximum atomic E-state index is 14.9. The lowest BCUT2D eigenvalue weighted by atomic mass is 10.0. The molecule has 2 amide bonds. The van der Waals surface area contributed by atoms with Crippen molar-refractivity contribution in [2.75, 3.05) is 4.90 Å². The van der Waals surface area contributed by atoms with Crippen LogP contribution in [0.2, 0.25) is 0 Å². The fourth-order valence-corrected chi connectivity index (χ4v) is 4.27. The highest BCUT2D eigenvalue weighted by molar-refractivity contribution is 7.03. The highest BCUT2D eigenvalue weighted by Crippen LogP contribution is 2.32. The van der Waals surface area contributed by atoms with Gasteiger partial charge in [-0.05, 0) is 48.6 Å². The first-order chi connectivity index (χ1) is 15.0. The van der Waals surface area contributed by atoms with Crippen molar-refractivity contribution in [2.45, 2.75) is 37.8 Å². The van der Waals surface area contributed by atoms with Crippen LogP contribution < -0.4 is 10.2 Å². The first-order valence-electron chi connectivity index (χ1n) is 9.95. The lowest BCUT2D eigenvalue weighted by Gasteiger charge is -2.32. The van der Waals surface area contributed by atoms with Crippen LogP contribution in [0.25, 0.3) is 0 Å². The number of halogens is 2. The molecule has 0 spiro atoms. The Morgan fingerprint density at radius 2 is 1.87 bits per heavy atom. The number of nitrogens with one attached hydrogen (secondary N) is 1. The summed E-state index contributed by atoms with van der Waals surface area (Å²) >= 11 is 0.972. The van der Waals surface area contributed by atoms with Gasteiger partial charge < -0.3 is 5.32 Å². The molecule has 3 aromatic rings. The van der Waals surface area contributed by atoms with Crippen molar-refractivity contribution in [3.05, 3.63) is 76.8 Å². The van der Waals surface area contributed by atoms with Crippen molar-refractivity contribution >= 4 is 29.0 Å². The second kappa shape index (κ2) is 9.30. The van der Waals surface area contributed by atoms with Crippen LogP contribution in [0.4, 0.5) is 14.5 Å². The molecule has 4 rings (SSSR count). The number of nitrogens with zero attached hydrogens (tertiary/aromatic N) is 3. The van der Waals surface area contributed by atoms with Crippen LogP contribution in [0.1, 0.15) is 47.8 Å². The predicted molar refractivity (Wildman–Crippen MR) is 113 cm³/mol. The summed E-state index contributed by atoms with van der Waals surface area (Å²) in [6.07, 6.45) is 3.62. The Kier molecular flexibility index (Phi) is 6.31. The Labute approximate surface area is 182 Å². The van der Waals surface area contributed by atoms with Crippen molar-refractivity contribution in [2.24, 2.45) is 0 Å². The summed E-state index contributed by atoms with van der Waals surface area (Å²) in [7, 11) is 0. The molecule has 0 aliphatic heterocycles. The van der Waals surface area contributed by atoms with Gasteiger partial charge in [-0.2, -0.15) is 0 Å². The largest absolute Gasteiger partial charge is 0.351 e. The molecule has 9 heteroatoms. The van der Waals surface area contributed by atoms with E-state index in [0.29, 0.717) is 0 Å². The van der Waals surface area contributed by atoms with Crippen LogP contribution >= 0.6 is 11.5 Å². The van der Waals surface area contributed by atoms with E-state index in [4.69, 9.17) is 0 Å². The topological polar surface area (TPSA) is 75.2 Å². The van der Waals surface area contributed by atoms with Crippen LogP contribution in [-0.2, 0) is 4.79 Å². The van der Waals surface area contributed by atoms with E-state index in [1.54, 1.807) is 6.07 Å². The summed E-state index contributed by atoms with van der Waals surface area (Å²) in [6.45, 7) is 0. The third-order valence-electron chi connectivity index (χ3n) is 5.29. The first-order valence-corrected chi connectivity index (χ1v) is 10.8. The van der Waals surface area contributed by atoms with Gasteiger partial charge in [-0.3, -0.25) is 14.5 Å². The number of amides is 2. The zero-order valence-corrected chi connectivity index (χ0v) is 17.3. The summed E-state index contributed by atoms with van der Waals surface area (Å²) in [5.74, 6) is -2.43. The minimum absolute atomic E-state index is 0.00994. The number of anilines is 1. The van der Waals surface area contributed by atoms with Gasteiger partial charge in [0, 0.05) is 22.7 Å². The second-order valence-corrected chi connectivity index (χ2v) is 7.97. The lowest BCUT2D eigenvalue weighted by Crippen LogP contribution is -2.46. The minimum atomic E-state index is -1.35. The SMILES string of the molecule is O=C(NC1CCCC1)[C@H](c1ccccc1F)N(C(=O)c1csnn1)c1cccc(F)c1. The molecule has 1 aliphatic rings. The zero-order chi connectivity index (χ0) is 21.8. The molecular weight excluding hydrogens is 422 g/mol. The molecule has 0 unspecified atom stereocenters. The zero-order valence-electron chi connectivity index (χ0n) is 16.5. The molecule has 2 aromatic carbocycles. The molecule has 1 fully saturated rings. The highest BCUT2D eigenvalue weighted by atomic mass is 32.1. The molecule has 31 heavy (non-hydrogen) atoms. The number of aromatic nitrogens is 2. The van der Waals surface area contributed by atoms with Crippen LogP contribution in [-0.4, -0.2) is 27.4 Å². The van der Waals surface area contributed by atoms with Crippen molar-refractivity contribution in [3.63, 3.8) is 0 Å². The van der Waals surface area contributed by atoms with Gasteiger partial charge in [0.1, 0.15) is 17.7 Å². The van der Waals surface area contributed by atoms with E-state index in [2.05, 4.69) is 14.9 Å². The molecule has 0 bridgehead atoms. The second-order valence-electron chi connectivity index (χ2n) is 7.36. The minimum Gasteiger partial charge on any atom is -0.351 e. The van der Waals surface area contributed by atoms with E-state index in [-0.39, 0.29) is 23.0 Å². The van der Waals surface area contributed by atoms with Gasteiger partial charge in [-0.25, -0.2) is 8.78 Å². The molecule has 1 aliphatic carbocycles. The molecule has 1 N–H and O–H groups in total. The van der Waals surface area contributed by atoms with Gasteiger partial charge in [-0.1, -0.05) is 41.6 Å². The number of hydrogen-bond acceptors (Lipinski definition) is 5. The molecule has 6 nitrogen and oxygen atoms in total. The quantitative estimate of drug-likeness (QED) is 0.619. The number of benzene rings is 2. The van der Waals surface area contributed by atoms with Crippen LogP contribution in [0, 0.1) is 11.6 Å². The Hall–Kier alpha value is -3.20. The monoisotopic (exact) mass is 442 g/mol. The molecule has 160 valence electrons. The maximum Gasteiger partial charge on any atom is 0.280 e. The molecule has 1 saturated carbocycles. The van der Waals surface area contributed by atoms with Crippen LogP contribution in [0.5, 0.6) is 0 Å². The van der Waals surface area contributed by atoms with Gasteiger partial charge >= 0.3 is 0 Å². The number of carbonyl (C=O) groups excluding carboxylic acids is 2. The molecule has 1 atom stereocenters. The van der Waals surface area contributed by atoms with E-state index in [9.17, 15) is 18.4 Å². The summed E-state index contributed by atoms with van der Waals surface area (Å²) in [5.41, 5.74) is 0.121. The van der Waals surface area contributed by atoms with E-state index in [0.717, 1.165) is 48.2 Å². The van der Waals surface area contributed by atoms with Crippen molar-refractivity contribution in [3.8, 4) is 0 Å². The Morgan fingerprint density at radius 1 is 1.10 bits per heavy atom. The third kappa shape index (κ3) is 4.61. The fourth-order valence-electron chi connectivity index (χ4n) is 3.84. The third-order valence-corrected chi connectivity index (χ3v) is 5.80. The van der Waals surface area contributed by atoms with E-state index < -0.39 is 29.5 Å². The summed E-state index contributed by atoms with van der Waals surface area (Å²) in [5, 5.41) is 8.18. The number of carbonyl (C=O) groups is 2.